The van der Waals surface area contributed by atoms with E-state index in [0.29, 0.717) is 31.2 Å². The minimum atomic E-state index is -0.479. The molecule has 2 atom stereocenters. The molecule has 3 aromatic rings. The summed E-state index contributed by atoms with van der Waals surface area (Å²) in [7, 11) is 0. The topological polar surface area (TPSA) is 109 Å². The third-order valence-electron chi connectivity index (χ3n) is 4.93. The van der Waals surface area contributed by atoms with Crippen molar-refractivity contribution in [3.63, 3.8) is 0 Å². The average Bonchev–Trinajstić information content (AvgIpc) is 3.29. The number of benzene rings is 2. The maximum atomic E-state index is 10.9. The van der Waals surface area contributed by atoms with Gasteiger partial charge in [-0.15, -0.1) is 0 Å². The highest BCUT2D eigenvalue weighted by Gasteiger charge is 2.35. The molecule has 1 aliphatic rings. The zero-order valence-electron chi connectivity index (χ0n) is 15.4. The third-order valence-corrected chi connectivity index (χ3v) is 4.93. The van der Waals surface area contributed by atoms with E-state index in [4.69, 9.17) is 9.73 Å². The second-order valence-corrected chi connectivity index (χ2v) is 7.10. The number of β-amino-alcohol motifs (C(OH)–C–C–N with tert-alkyl or cyclic N) is 1. The molecule has 0 unspecified atom stereocenters. The van der Waals surface area contributed by atoms with Crippen LogP contribution >= 0.6 is 0 Å². The Morgan fingerprint density at radius 3 is 2.75 bits per heavy atom. The molecule has 146 valence electrons. The van der Waals surface area contributed by atoms with Gasteiger partial charge < -0.3 is 20.1 Å². The van der Waals surface area contributed by atoms with Gasteiger partial charge in [-0.1, -0.05) is 41.1 Å². The van der Waals surface area contributed by atoms with Crippen molar-refractivity contribution in [3.05, 3.63) is 70.8 Å². The number of likely N-dealkylation sites (tertiary alicyclic amines) is 1. The number of aliphatic hydroxyl groups excluding tert-OH is 1. The number of anilines is 1. The van der Waals surface area contributed by atoms with Crippen molar-refractivity contribution in [2.75, 3.05) is 11.8 Å². The molecule has 2 heterocycles. The molecule has 0 saturated carbocycles. The molecule has 0 aliphatic carbocycles. The zero-order chi connectivity index (χ0) is 19.7. The molecule has 0 radical (unpaired) electrons. The minimum absolute atomic E-state index is 0.168. The molecule has 8 heteroatoms. The lowest BCUT2D eigenvalue weighted by Gasteiger charge is -2.23. The first kappa shape index (κ1) is 18.6. The predicted octanol–water partition coefficient (Wildman–Crippen LogP) is 3.05. The Bertz CT molecular complexity index is 941. The fraction of sp³-hybridized carbons (Fsp3) is 0.300. The zero-order valence-corrected chi connectivity index (χ0v) is 15.4. The molecule has 2 aromatic carbocycles. The molecule has 0 bridgehead atoms. The Labute approximate surface area is 162 Å². The normalized spacial score (nSPS) is 19.9. The highest BCUT2D eigenvalue weighted by Crippen LogP contribution is 2.33. The highest BCUT2D eigenvalue weighted by molar-refractivity contribution is 5.55. The van der Waals surface area contributed by atoms with Gasteiger partial charge in [-0.3, -0.25) is 10.1 Å². The van der Waals surface area contributed by atoms with Gasteiger partial charge in [0.15, 0.2) is 0 Å². The second kappa shape index (κ2) is 7.69. The largest absolute Gasteiger partial charge is 0.733 e. The van der Waals surface area contributed by atoms with Gasteiger partial charge in [-0.05, 0) is 37.1 Å². The van der Waals surface area contributed by atoms with Gasteiger partial charge >= 0.3 is 0 Å². The molecule has 1 aliphatic heterocycles. The molecule has 1 saturated heterocycles. The van der Waals surface area contributed by atoms with E-state index < -0.39 is 6.10 Å². The van der Waals surface area contributed by atoms with E-state index in [9.17, 15) is 10.3 Å². The second-order valence-electron chi connectivity index (χ2n) is 7.10. The number of aliphatic hydroxyl groups is 1. The van der Waals surface area contributed by atoms with Crippen LogP contribution < -0.4 is 5.23 Å². The smallest absolute Gasteiger partial charge is 0.244 e. The molecule has 1 fully saturated rings. The van der Waals surface area contributed by atoms with Crippen molar-refractivity contribution in [2.45, 2.75) is 32.0 Å². The Morgan fingerprint density at radius 1 is 1.25 bits per heavy atom. The van der Waals surface area contributed by atoms with Gasteiger partial charge in [0.05, 0.1) is 17.8 Å². The Kier molecular flexibility index (Phi) is 5.10. The monoisotopic (exact) mass is 381 g/mol. The summed E-state index contributed by atoms with van der Waals surface area (Å²) >= 11 is 0. The summed E-state index contributed by atoms with van der Waals surface area (Å²) in [5, 5.41) is 34.0. The third kappa shape index (κ3) is 3.90. The summed E-state index contributed by atoms with van der Waals surface area (Å²) in [4.78, 5) is 6.63. The minimum Gasteiger partial charge on any atom is -0.733 e. The van der Waals surface area contributed by atoms with E-state index in [-0.39, 0.29) is 17.0 Å². The van der Waals surface area contributed by atoms with Crippen molar-refractivity contribution in [3.8, 4) is 11.4 Å². The van der Waals surface area contributed by atoms with Crippen LogP contribution in [0.3, 0.4) is 0 Å². The van der Waals surface area contributed by atoms with Gasteiger partial charge in [-0.2, -0.15) is 4.98 Å². The summed E-state index contributed by atoms with van der Waals surface area (Å²) in [6, 6.07) is 14.3. The molecule has 1 aromatic heterocycles. The van der Waals surface area contributed by atoms with Gasteiger partial charge in [0.1, 0.15) is 0 Å². The summed E-state index contributed by atoms with van der Waals surface area (Å²) < 4.78 is 5.51. The highest BCUT2D eigenvalue weighted by atomic mass is 16.8. The van der Waals surface area contributed by atoms with Gasteiger partial charge in [0, 0.05) is 18.7 Å². The molecule has 2 N–H and O–H groups in total. The first-order chi connectivity index (χ1) is 13.5. The van der Waals surface area contributed by atoms with Crippen LogP contribution in [0.15, 0.2) is 53.1 Å². The lowest BCUT2D eigenvalue weighted by atomic mass is 10.1. The molecule has 4 rings (SSSR count). The number of hydrogen-bond donors (Lipinski definition) is 2. The molecule has 0 spiro atoms. The fourth-order valence-corrected chi connectivity index (χ4v) is 3.55. The number of nitrogens with zero attached hydrogens (tertiary/aromatic N) is 4. The lowest BCUT2D eigenvalue weighted by molar-refractivity contribution is 0.169. The molecule has 0 amide bonds. The first-order valence-electron chi connectivity index (χ1n) is 9.07. The van der Waals surface area contributed by atoms with Crippen LogP contribution in [0.4, 0.5) is 5.69 Å². The molecule has 28 heavy (non-hydrogen) atoms. The van der Waals surface area contributed by atoms with Crippen molar-refractivity contribution >= 4 is 5.69 Å². The predicted molar refractivity (Wildman–Crippen MR) is 102 cm³/mol. The van der Waals surface area contributed by atoms with Crippen molar-refractivity contribution < 1.29 is 14.8 Å². The quantitative estimate of drug-likeness (QED) is 0.649. The van der Waals surface area contributed by atoms with Crippen LogP contribution in [-0.2, 0) is 6.54 Å². The first-order valence-corrected chi connectivity index (χ1v) is 9.07. The van der Waals surface area contributed by atoms with Crippen LogP contribution in [0.5, 0.6) is 0 Å². The molecular weight excluding hydrogens is 360 g/mol. The average molecular weight is 381 g/mol. The van der Waals surface area contributed by atoms with E-state index in [1.165, 1.54) is 0 Å². The van der Waals surface area contributed by atoms with Crippen LogP contribution in [0, 0.1) is 12.1 Å². The van der Waals surface area contributed by atoms with Crippen LogP contribution in [0.25, 0.3) is 11.4 Å². The number of aromatic nitrogens is 2. The summed E-state index contributed by atoms with van der Waals surface area (Å²) in [6.45, 7) is 3.05. The van der Waals surface area contributed by atoms with E-state index in [1.54, 1.807) is 24.3 Å². The van der Waals surface area contributed by atoms with Crippen molar-refractivity contribution in [1.29, 1.82) is 0 Å². The number of hydrogen-bond acceptors (Lipinski definition) is 8. The Morgan fingerprint density at radius 2 is 2.04 bits per heavy atom. The van der Waals surface area contributed by atoms with Crippen molar-refractivity contribution in [1.82, 2.24) is 15.0 Å². The number of aryl methyl sites for hydroxylation is 1. The number of rotatable bonds is 5. The SMILES string of the molecule is Cc1cccc(-c2noc([C@H]3C[C@@H](O)CN3Cc3ccc(N([O-])O)cc3)n2)c1. The van der Waals surface area contributed by atoms with E-state index in [2.05, 4.69) is 15.0 Å². The summed E-state index contributed by atoms with van der Waals surface area (Å²) in [5.41, 5.74) is 3.12. The van der Waals surface area contributed by atoms with E-state index in [1.807, 2.05) is 31.2 Å². The standard InChI is InChI=1S/C20H21N4O4/c1-13-3-2-4-15(9-13)19-21-20(28-22-19)18-10-17(25)12-23(18)11-14-5-7-16(8-6-14)24(26)27/h2-9,17-18,25-26H,10-12H2,1H3/q-1/t17-,18-/m1/s1. The Hall–Kier alpha value is -2.78. The summed E-state index contributed by atoms with van der Waals surface area (Å²) in [5.74, 6) is 1.01. The van der Waals surface area contributed by atoms with Crippen LogP contribution in [0.2, 0.25) is 0 Å². The van der Waals surface area contributed by atoms with Crippen LogP contribution in [-0.4, -0.2) is 38.0 Å². The van der Waals surface area contributed by atoms with Gasteiger partial charge in [-0.25, -0.2) is 0 Å². The molecule has 8 nitrogen and oxygen atoms in total. The van der Waals surface area contributed by atoms with E-state index >= 15 is 0 Å². The van der Waals surface area contributed by atoms with Crippen LogP contribution in [0.1, 0.15) is 29.5 Å². The maximum absolute atomic E-state index is 10.9. The molecular formula is C20H21N4O4-. The summed E-state index contributed by atoms with van der Waals surface area (Å²) in [6.07, 6.45) is 0.0339. The lowest BCUT2D eigenvalue weighted by Crippen LogP contribution is -2.24. The van der Waals surface area contributed by atoms with Gasteiger partial charge in [0.2, 0.25) is 11.7 Å². The maximum Gasteiger partial charge on any atom is 0.244 e. The van der Waals surface area contributed by atoms with Gasteiger partial charge in [0.25, 0.3) is 0 Å². The van der Waals surface area contributed by atoms with Crippen molar-refractivity contribution in [2.24, 2.45) is 0 Å². The van der Waals surface area contributed by atoms with E-state index in [0.717, 1.165) is 16.7 Å². The fourth-order valence-electron chi connectivity index (χ4n) is 3.55. The Balaban J connectivity index is 1.53.